The van der Waals surface area contributed by atoms with Crippen molar-refractivity contribution in [1.29, 1.82) is 0 Å². The number of carbonyl (C=O) groups is 1. The molecule has 0 aliphatic carbocycles. The fourth-order valence-corrected chi connectivity index (χ4v) is 1.18. The maximum atomic E-state index is 11.4. The third-order valence-electron chi connectivity index (χ3n) is 1.88. The highest BCUT2D eigenvalue weighted by atomic mass is 16.6. The number of phenolic OH excluding ortho intramolecular Hbond substituents is 1. The number of hydroxylamine groups is 1. The molecule has 0 radical (unpaired) electrons. The molecule has 0 aromatic heterocycles. The van der Waals surface area contributed by atoms with Crippen molar-refractivity contribution >= 4 is 5.91 Å². The van der Waals surface area contributed by atoms with Crippen molar-refractivity contribution in [1.82, 2.24) is 5.48 Å². The van der Waals surface area contributed by atoms with Crippen molar-refractivity contribution in [2.24, 2.45) is 5.92 Å². The fraction of sp³-hybridized carbons (Fsp3) is 0.417. The summed E-state index contributed by atoms with van der Waals surface area (Å²) < 4.78 is 0. The highest BCUT2D eigenvalue weighted by Gasteiger charge is 2.04. The summed E-state index contributed by atoms with van der Waals surface area (Å²) in [6.45, 7) is 4.49. The quantitative estimate of drug-likeness (QED) is 0.746. The summed E-state index contributed by atoms with van der Waals surface area (Å²) in [4.78, 5) is 16.4. The SMILES string of the molecule is CC(C)CONC(=O)Cc1cccc(O)c1. The van der Waals surface area contributed by atoms with Gasteiger partial charge in [0.25, 0.3) is 0 Å². The predicted molar refractivity (Wildman–Crippen MR) is 60.7 cm³/mol. The van der Waals surface area contributed by atoms with Crippen LogP contribution in [0.15, 0.2) is 24.3 Å². The summed E-state index contributed by atoms with van der Waals surface area (Å²) in [7, 11) is 0. The monoisotopic (exact) mass is 223 g/mol. The number of benzene rings is 1. The molecule has 2 N–H and O–H groups in total. The minimum Gasteiger partial charge on any atom is -0.508 e. The summed E-state index contributed by atoms with van der Waals surface area (Å²) in [5, 5.41) is 9.21. The van der Waals surface area contributed by atoms with Crippen LogP contribution in [0.3, 0.4) is 0 Å². The average Bonchev–Trinajstić information content (AvgIpc) is 2.16. The number of aromatic hydroxyl groups is 1. The Morgan fingerprint density at radius 3 is 2.88 bits per heavy atom. The minimum atomic E-state index is -0.216. The van der Waals surface area contributed by atoms with Crippen molar-refractivity contribution in [3.8, 4) is 5.75 Å². The number of hydrogen-bond acceptors (Lipinski definition) is 3. The van der Waals surface area contributed by atoms with Crippen LogP contribution in [0.1, 0.15) is 19.4 Å². The van der Waals surface area contributed by atoms with E-state index in [0.717, 1.165) is 5.56 Å². The average molecular weight is 223 g/mol. The van der Waals surface area contributed by atoms with Gasteiger partial charge in [-0.1, -0.05) is 26.0 Å². The first-order chi connectivity index (χ1) is 7.58. The number of phenols is 1. The van der Waals surface area contributed by atoms with Gasteiger partial charge in [-0.05, 0) is 23.6 Å². The van der Waals surface area contributed by atoms with Crippen molar-refractivity contribution < 1.29 is 14.7 Å². The molecule has 4 nitrogen and oxygen atoms in total. The molecule has 1 amide bonds. The molecular weight excluding hydrogens is 206 g/mol. The summed E-state index contributed by atoms with van der Waals surface area (Å²) in [6, 6.07) is 6.60. The lowest BCUT2D eigenvalue weighted by Crippen LogP contribution is -2.27. The van der Waals surface area contributed by atoms with Gasteiger partial charge in [-0.15, -0.1) is 0 Å². The predicted octanol–water partition coefficient (Wildman–Crippen LogP) is 1.64. The second-order valence-electron chi connectivity index (χ2n) is 4.08. The van der Waals surface area contributed by atoms with Crippen LogP contribution in [0.2, 0.25) is 0 Å². The second-order valence-corrected chi connectivity index (χ2v) is 4.08. The van der Waals surface area contributed by atoms with Crippen LogP contribution in [-0.2, 0) is 16.1 Å². The Kier molecular flexibility index (Phi) is 4.79. The molecule has 1 aromatic rings. The molecule has 1 aromatic carbocycles. The highest BCUT2D eigenvalue weighted by Crippen LogP contribution is 2.11. The first-order valence-corrected chi connectivity index (χ1v) is 5.26. The molecular formula is C12H17NO3. The molecule has 88 valence electrons. The van der Waals surface area contributed by atoms with Gasteiger partial charge >= 0.3 is 0 Å². The van der Waals surface area contributed by atoms with Crippen molar-refractivity contribution in [3.63, 3.8) is 0 Å². The van der Waals surface area contributed by atoms with Crippen LogP contribution in [0.5, 0.6) is 5.75 Å². The first-order valence-electron chi connectivity index (χ1n) is 5.26. The largest absolute Gasteiger partial charge is 0.508 e. The van der Waals surface area contributed by atoms with Crippen LogP contribution >= 0.6 is 0 Å². The normalized spacial score (nSPS) is 10.4. The maximum Gasteiger partial charge on any atom is 0.247 e. The van der Waals surface area contributed by atoms with E-state index in [-0.39, 0.29) is 18.1 Å². The number of rotatable bonds is 5. The van der Waals surface area contributed by atoms with E-state index in [1.54, 1.807) is 24.3 Å². The lowest BCUT2D eigenvalue weighted by molar-refractivity contribution is -0.133. The van der Waals surface area contributed by atoms with Gasteiger partial charge in [0, 0.05) is 0 Å². The van der Waals surface area contributed by atoms with Gasteiger partial charge in [0.15, 0.2) is 0 Å². The Labute approximate surface area is 95.2 Å². The third kappa shape index (κ3) is 4.79. The van der Waals surface area contributed by atoms with E-state index >= 15 is 0 Å². The van der Waals surface area contributed by atoms with E-state index in [0.29, 0.717) is 12.5 Å². The summed E-state index contributed by atoms with van der Waals surface area (Å²) in [6.07, 6.45) is 0.201. The molecule has 0 heterocycles. The number of hydrogen-bond donors (Lipinski definition) is 2. The van der Waals surface area contributed by atoms with Gasteiger partial charge < -0.3 is 5.11 Å². The van der Waals surface area contributed by atoms with Crippen LogP contribution in [0.25, 0.3) is 0 Å². The van der Waals surface area contributed by atoms with Crippen LogP contribution < -0.4 is 5.48 Å². The zero-order valence-corrected chi connectivity index (χ0v) is 9.56. The van der Waals surface area contributed by atoms with Crippen LogP contribution in [0.4, 0.5) is 0 Å². The van der Waals surface area contributed by atoms with Gasteiger partial charge in [-0.25, -0.2) is 5.48 Å². The Morgan fingerprint density at radius 2 is 2.25 bits per heavy atom. The van der Waals surface area contributed by atoms with Crippen LogP contribution in [-0.4, -0.2) is 17.6 Å². The minimum absolute atomic E-state index is 0.161. The molecule has 0 unspecified atom stereocenters. The first kappa shape index (κ1) is 12.5. The Hall–Kier alpha value is -1.55. The molecule has 0 spiro atoms. The molecule has 0 saturated heterocycles. The zero-order valence-electron chi connectivity index (χ0n) is 9.56. The van der Waals surface area contributed by atoms with E-state index < -0.39 is 0 Å². The molecule has 16 heavy (non-hydrogen) atoms. The number of nitrogens with one attached hydrogen (secondary N) is 1. The zero-order chi connectivity index (χ0) is 12.0. The van der Waals surface area contributed by atoms with Crippen molar-refractivity contribution in [3.05, 3.63) is 29.8 Å². The third-order valence-corrected chi connectivity index (χ3v) is 1.88. The highest BCUT2D eigenvalue weighted by molar-refractivity contribution is 5.77. The van der Waals surface area contributed by atoms with Crippen molar-refractivity contribution in [2.75, 3.05) is 6.61 Å². The van der Waals surface area contributed by atoms with Gasteiger partial charge in [0.2, 0.25) is 5.91 Å². The van der Waals surface area contributed by atoms with Crippen molar-refractivity contribution in [2.45, 2.75) is 20.3 Å². The van der Waals surface area contributed by atoms with E-state index in [2.05, 4.69) is 5.48 Å². The van der Waals surface area contributed by atoms with Gasteiger partial charge in [-0.2, -0.15) is 0 Å². The second kappa shape index (κ2) is 6.12. The Balaban J connectivity index is 2.34. The number of amides is 1. The fourth-order valence-electron chi connectivity index (χ4n) is 1.18. The summed E-state index contributed by atoms with van der Waals surface area (Å²) in [5.41, 5.74) is 3.12. The summed E-state index contributed by atoms with van der Waals surface area (Å²) in [5.74, 6) is 0.320. The lowest BCUT2D eigenvalue weighted by atomic mass is 10.1. The topological polar surface area (TPSA) is 58.6 Å². The Bertz CT molecular complexity index is 350. The van der Waals surface area contributed by atoms with Crippen LogP contribution in [0, 0.1) is 5.92 Å². The molecule has 1 rings (SSSR count). The van der Waals surface area contributed by atoms with Gasteiger partial charge in [0.1, 0.15) is 5.75 Å². The standard InChI is InChI=1S/C12H17NO3/c1-9(2)8-16-13-12(15)7-10-4-3-5-11(14)6-10/h3-6,9,14H,7-8H2,1-2H3,(H,13,15). The summed E-state index contributed by atoms with van der Waals surface area (Å²) >= 11 is 0. The lowest BCUT2D eigenvalue weighted by Gasteiger charge is -2.07. The molecule has 0 saturated carbocycles. The Morgan fingerprint density at radius 1 is 1.50 bits per heavy atom. The molecule has 0 bridgehead atoms. The molecule has 0 aliphatic rings. The van der Waals surface area contributed by atoms with Gasteiger partial charge in [0.05, 0.1) is 13.0 Å². The number of carbonyl (C=O) groups excluding carboxylic acids is 1. The van der Waals surface area contributed by atoms with E-state index in [9.17, 15) is 9.90 Å². The molecule has 4 heteroatoms. The molecule has 0 aliphatic heterocycles. The smallest absolute Gasteiger partial charge is 0.247 e. The van der Waals surface area contributed by atoms with E-state index in [1.165, 1.54) is 0 Å². The molecule has 0 fully saturated rings. The van der Waals surface area contributed by atoms with Gasteiger partial charge in [-0.3, -0.25) is 9.63 Å². The van der Waals surface area contributed by atoms with E-state index in [4.69, 9.17) is 4.84 Å². The van der Waals surface area contributed by atoms with E-state index in [1.807, 2.05) is 13.8 Å². The molecule has 0 atom stereocenters. The maximum absolute atomic E-state index is 11.4.